The molecule has 0 unspecified atom stereocenters. The molecule has 1 N–H and O–H groups in total. The van der Waals surface area contributed by atoms with Crippen LogP contribution in [0.4, 0.5) is 19.1 Å². The van der Waals surface area contributed by atoms with Gasteiger partial charge < -0.3 is 5.32 Å². The van der Waals surface area contributed by atoms with Gasteiger partial charge in [-0.3, -0.25) is 9.36 Å². The lowest BCUT2D eigenvalue weighted by atomic mass is 10.1. The maximum Gasteiger partial charge on any atom is 0.433 e. The van der Waals surface area contributed by atoms with Crippen LogP contribution in [-0.4, -0.2) is 29.5 Å². The van der Waals surface area contributed by atoms with Gasteiger partial charge in [-0.15, -0.1) is 0 Å². The van der Waals surface area contributed by atoms with Crippen molar-refractivity contribution in [1.29, 1.82) is 0 Å². The molecule has 0 aliphatic rings. The topological polar surface area (TPSA) is 73.5 Å². The average Bonchev–Trinajstić information content (AvgIpc) is 3.17. The molecule has 0 fully saturated rings. The van der Waals surface area contributed by atoms with Gasteiger partial charge in [0.15, 0.2) is 5.69 Å². The first-order chi connectivity index (χ1) is 12.3. The highest BCUT2D eigenvalue weighted by molar-refractivity contribution is 5.62. The highest BCUT2D eigenvalue weighted by Gasteiger charge is 2.34. The zero-order chi connectivity index (χ0) is 18.9. The molecular formula is C16H18F3N7. The van der Waals surface area contributed by atoms with E-state index in [0.29, 0.717) is 17.8 Å². The summed E-state index contributed by atoms with van der Waals surface area (Å²) >= 11 is 0. The summed E-state index contributed by atoms with van der Waals surface area (Å²) in [6.45, 7) is 4.58. The van der Waals surface area contributed by atoms with Gasteiger partial charge >= 0.3 is 6.18 Å². The van der Waals surface area contributed by atoms with Crippen LogP contribution in [0.1, 0.15) is 24.0 Å². The van der Waals surface area contributed by atoms with E-state index >= 15 is 0 Å². The molecule has 0 saturated heterocycles. The lowest BCUT2D eigenvalue weighted by Crippen LogP contribution is -2.14. The summed E-state index contributed by atoms with van der Waals surface area (Å²) in [5.74, 6) is -0.0954. The fourth-order valence-electron chi connectivity index (χ4n) is 2.63. The summed E-state index contributed by atoms with van der Waals surface area (Å²) in [5.41, 5.74) is 1.12. The minimum absolute atomic E-state index is 0.0954. The first kappa shape index (κ1) is 17.9. The smallest absolute Gasteiger partial charge is 0.349 e. The van der Waals surface area contributed by atoms with Crippen molar-refractivity contribution in [3.63, 3.8) is 0 Å². The van der Waals surface area contributed by atoms with Crippen molar-refractivity contribution in [3.8, 4) is 11.3 Å². The Balaban J connectivity index is 1.96. The van der Waals surface area contributed by atoms with Crippen LogP contribution in [0, 0.1) is 6.92 Å². The number of halogens is 3. The highest BCUT2D eigenvalue weighted by atomic mass is 19.4. The second-order valence-corrected chi connectivity index (χ2v) is 5.75. The Morgan fingerprint density at radius 2 is 2.00 bits per heavy atom. The van der Waals surface area contributed by atoms with Crippen LogP contribution in [0.25, 0.3) is 11.3 Å². The fraction of sp³-hybridized carbons (Fsp3) is 0.375. The normalized spacial score (nSPS) is 11.8. The molecule has 0 radical (unpaired) electrons. The van der Waals surface area contributed by atoms with Crippen molar-refractivity contribution < 1.29 is 13.2 Å². The molecule has 0 aliphatic heterocycles. The number of hydrogen-bond acceptors (Lipinski definition) is 5. The minimum Gasteiger partial charge on any atom is -0.349 e. The minimum atomic E-state index is -4.57. The highest BCUT2D eigenvalue weighted by Crippen LogP contribution is 2.31. The Hall–Kier alpha value is -2.91. The first-order valence-corrected chi connectivity index (χ1v) is 7.99. The molecule has 7 nitrogen and oxygen atoms in total. The Kier molecular flexibility index (Phi) is 4.66. The van der Waals surface area contributed by atoms with Gasteiger partial charge in [0.2, 0.25) is 5.95 Å². The molecule has 0 aromatic carbocycles. The van der Waals surface area contributed by atoms with Crippen LogP contribution >= 0.6 is 0 Å². The van der Waals surface area contributed by atoms with Crippen LogP contribution in [0.2, 0.25) is 0 Å². The summed E-state index contributed by atoms with van der Waals surface area (Å²) in [7, 11) is 1.70. The Morgan fingerprint density at radius 1 is 1.23 bits per heavy atom. The second-order valence-electron chi connectivity index (χ2n) is 5.75. The molecule has 138 valence electrons. The number of hydrogen-bond donors (Lipinski definition) is 1. The molecular weight excluding hydrogens is 347 g/mol. The first-order valence-electron chi connectivity index (χ1n) is 7.99. The van der Waals surface area contributed by atoms with Crippen molar-refractivity contribution >= 4 is 5.95 Å². The average molecular weight is 365 g/mol. The number of nitrogens with zero attached hydrogens (tertiary/aromatic N) is 6. The fourth-order valence-corrected chi connectivity index (χ4v) is 2.63. The van der Waals surface area contributed by atoms with E-state index in [-0.39, 0.29) is 18.2 Å². The maximum atomic E-state index is 13.2. The van der Waals surface area contributed by atoms with Crippen LogP contribution in [0.5, 0.6) is 0 Å². The Bertz CT molecular complexity index is 911. The van der Waals surface area contributed by atoms with E-state index < -0.39 is 11.9 Å². The lowest BCUT2D eigenvalue weighted by Gasteiger charge is -2.12. The summed E-state index contributed by atoms with van der Waals surface area (Å²) in [6.07, 6.45) is -1.30. The zero-order valence-electron chi connectivity index (χ0n) is 14.5. The number of anilines is 1. The molecule has 3 aromatic heterocycles. The SMILES string of the molecule is CCn1nccc1CNc1nc(-c2cn(C)nc2C)cc(C(F)(F)F)n1. The molecule has 0 spiro atoms. The van der Waals surface area contributed by atoms with Crippen molar-refractivity contribution in [1.82, 2.24) is 29.5 Å². The molecule has 0 saturated carbocycles. The molecule has 3 aromatic rings. The molecule has 3 rings (SSSR count). The predicted molar refractivity (Wildman–Crippen MR) is 89.2 cm³/mol. The van der Waals surface area contributed by atoms with Crippen LogP contribution in [0.3, 0.4) is 0 Å². The third-order valence-corrected chi connectivity index (χ3v) is 3.84. The predicted octanol–water partition coefficient (Wildman–Crippen LogP) is 3.03. The van der Waals surface area contributed by atoms with E-state index in [9.17, 15) is 13.2 Å². The van der Waals surface area contributed by atoms with Gasteiger partial charge in [-0.05, 0) is 26.0 Å². The number of nitrogens with one attached hydrogen (secondary N) is 1. The number of aryl methyl sites for hydroxylation is 3. The Labute approximate surface area is 147 Å². The van der Waals surface area contributed by atoms with Crippen LogP contribution in [-0.2, 0) is 26.3 Å². The van der Waals surface area contributed by atoms with Gasteiger partial charge in [0, 0.05) is 31.5 Å². The largest absolute Gasteiger partial charge is 0.433 e. The molecule has 26 heavy (non-hydrogen) atoms. The van der Waals surface area contributed by atoms with Crippen LogP contribution in [0.15, 0.2) is 24.5 Å². The van der Waals surface area contributed by atoms with Gasteiger partial charge in [0.1, 0.15) is 0 Å². The van der Waals surface area contributed by atoms with Gasteiger partial charge in [0.25, 0.3) is 0 Å². The standard InChI is InChI=1S/C16H18F3N7/c1-4-26-11(5-6-21-26)8-20-15-22-13(7-14(23-15)16(17,18)19)12-9-25(3)24-10(12)2/h5-7,9H,4,8H2,1-3H3,(H,20,22,23). The monoisotopic (exact) mass is 365 g/mol. The lowest BCUT2D eigenvalue weighted by molar-refractivity contribution is -0.141. The third kappa shape index (κ3) is 3.68. The molecule has 0 amide bonds. The summed E-state index contributed by atoms with van der Waals surface area (Å²) in [5, 5.41) is 11.1. The molecule has 0 atom stereocenters. The maximum absolute atomic E-state index is 13.2. The quantitative estimate of drug-likeness (QED) is 0.752. The second kappa shape index (κ2) is 6.77. The van der Waals surface area contributed by atoms with Gasteiger partial charge in [-0.25, -0.2) is 9.97 Å². The van der Waals surface area contributed by atoms with E-state index in [1.807, 2.05) is 6.92 Å². The zero-order valence-corrected chi connectivity index (χ0v) is 14.5. The molecule has 10 heteroatoms. The van der Waals surface area contributed by atoms with E-state index in [1.165, 1.54) is 4.68 Å². The number of aromatic nitrogens is 6. The number of rotatable bonds is 5. The summed E-state index contributed by atoms with van der Waals surface area (Å²) < 4.78 is 43.0. The van der Waals surface area contributed by atoms with E-state index in [0.717, 1.165) is 11.8 Å². The van der Waals surface area contributed by atoms with E-state index in [4.69, 9.17) is 0 Å². The van der Waals surface area contributed by atoms with E-state index in [1.54, 1.807) is 37.1 Å². The van der Waals surface area contributed by atoms with Gasteiger partial charge in [-0.2, -0.15) is 23.4 Å². The molecule has 0 bridgehead atoms. The van der Waals surface area contributed by atoms with Crippen molar-refractivity contribution in [2.24, 2.45) is 7.05 Å². The van der Waals surface area contributed by atoms with Crippen molar-refractivity contribution in [2.45, 2.75) is 33.1 Å². The third-order valence-electron chi connectivity index (χ3n) is 3.84. The molecule has 0 aliphatic carbocycles. The van der Waals surface area contributed by atoms with Crippen molar-refractivity contribution in [3.05, 3.63) is 41.6 Å². The van der Waals surface area contributed by atoms with E-state index in [2.05, 4.69) is 25.5 Å². The Morgan fingerprint density at radius 3 is 2.62 bits per heavy atom. The summed E-state index contributed by atoms with van der Waals surface area (Å²) in [4.78, 5) is 7.86. The summed E-state index contributed by atoms with van der Waals surface area (Å²) in [6, 6.07) is 2.72. The van der Waals surface area contributed by atoms with Crippen molar-refractivity contribution in [2.75, 3.05) is 5.32 Å². The number of alkyl halides is 3. The van der Waals surface area contributed by atoms with Crippen LogP contribution < -0.4 is 5.32 Å². The van der Waals surface area contributed by atoms with Gasteiger partial charge in [-0.1, -0.05) is 0 Å². The van der Waals surface area contributed by atoms with Gasteiger partial charge in [0.05, 0.1) is 23.6 Å². The molecule has 3 heterocycles.